The van der Waals surface area contributed by atoms with Crippen molar-refractivity contribution in [3.05, 3.63) is 59.5 Å². The molecule has 29 heavy (non-hydrogen) atoms. The zero-order valence-electron chi connectivity index (χ0n) is 14.7. The first kappa shape index (κ1) is 20.8. The minimum absolute atomic E-state index is 0.00711. The molecule has 1 amide bonds. The molecule has 0 aliphatic carbocycles. The number of amides is 1. The number of halogens is 3. The number of carbonyl (C=O) groups excluding carboxylic acids is 1. The summed E-state index contributed by atoms with van der Waals surface area (Å²) < 4.78 is 65.5. The van der Waals surface area contributed by atoms with Gasteiger partial charge in [-0.25, -0.2) is 13.4 Å². The Morgan fingerprint density at radius 3 is 2.24 bits per heavy atom. The van der Waals surface area contributed by atoms with Gasteiger partial charge in [0.1, 0.15) is 5.75 Å². The van der Waals surface area contributed by atoms with Crippen LogP contribution in [0.5, 0.6) is 5.75 Å². The van der Waals surface area contributed by atoms with Crippen LogP contribution >= 0.6 is 11.3 Å². The molecule has 0 spiro atoms. The van der Waals surface area contributed by atoms with Gasteiger partial charge in [-0.3, -0.25) is 10.1 Å². The average Bonchev–Trinajstić information content (AvgIpc) is 3.15. The predicted octanol–water partition coefficient (Wildman–Crippen LogP) is 4.36. The fraction of sp³-hybridized carbons (Fsp3) is 0.111. The molecule has 6 nitrogen and oxygen atoms in total. The van der Waals surface area contributed by atoms with Gasteiger partial charge in [-0.1, -0.05) is 0 Å². The van der Waals surface area contributed by atoms with E-state index in [-0.39, 0.29) is 10.7 Å². The van der Waals surface area contributed by atoms with Gasteiger partial charge in [0.05, 0.1) is 17.7 Å². The topological polar surface area (TPSA) is 85.4 Å². The van der Waals surface area contributed by atoms with Crippen LogP contribution in [-0.4, -0.2) is 31.9 Å². The van der Waals surface area contributed by atoms with Gasteiger partial charge in [-0.15, -0.1) is 11.3 Å². The van der Waals surface area contributed by atoms with Crippen LogP contribution in [0.15, 0.2) is 58.8 Å². The van der Waals surface area contributed by atoms with E-state index in [4.69, 9.17) is 4.74 Å². The van der Waals surface area contributed by atoms with Crippen LogP contribution in [0.2, 0.25) is 0 Å². The third-order valence-electron chi connectivity index (χ3n) is 3.84. The molecule has 0 aliphatic heterocycles. The zero-order chi connectivity index (χ0) is 21.2. The van der Waals surface area contributed by atoms with Gasteiger partial charge in [0.25, 0.3) is 15.7 Å². The van der Waals surface area contributed by atoms with Crippen molar-refractivity contribution in [2.45, 2.75) is 10.4 Å². The van der Waals surface area contributed by atoms with Crippen LogP contribution in [0.4, 0.5) is 18.3 Å². The van der Waals surface area contributed by atoms with Crippen LogP contribution in [0.1, 0.15) is 10.4 Å². The Labute approximate surface area is 167 Å². The van der Waals surface area contributed by atoms with Gasteiger partial charge in [0.15, 0.2) is 5.13 Å². The number of ether oxygens (including phenoxy) is 1. The number of anilines is 1. The normalized spacial score (nSPS) is 11.9. The van der Waals surface area contributed by atoms with Gasteiger partial charge < -0.3 is 4.74 Å². The van der Waals surface area contributed by atoms with Gasteiger partial charge in [0, 0.05) is 16.5 Å². The maximum atomic E-state index is 12.6. The lowest BCUT2D eigenvalue weighted by atomic mass is 10.2. The van der Waals surface area contributed by atoms with Gasteiger partial charge in [-0.2, -0.15) is 13.2 Å². The lowest BCUT2D eigenvalue weighted by Gasteiger charge is -2.08. The second kappa shape index (κ2) is 7.84. The molecule has 0 bridgehead atoms. The van der Waals surface area contributed by atoms with Crippen LogP contribution in [0.25, 0.3) is 11.3 Å². The Morgan fingerprint density at radius 1 is 1.07 bits per heavy atom. The molecule has 3 rings (SSSR count). The second-order valence-corrected chi connectivity index (χ2v) is 8.49. The largest absolute Gasteiger partial charge is 0.501 e. The SMILES string of the molecule is COc1ccc(-c2csc(NC(=O)c3ccc(S(=O)(=O)C(F)(F)F)cc3)n2)cc1. The molecule has 0 unspecified atom stereocenters. The number of carbonyl (C=O) groups is 1. The summed E-state index contributed by atoms with van der Waals surface area (Å²) in [5.41, 5.74) is -3.98. The van der Waals surface area contributed by atoms with Crippen molar-refractivity contribution in [2.24, 2.45) is 0 Å². The number of alkyl halides is 3. The number of thiazole rings is 1. The first-order chi connectivity index (χ1) is 13.6. The Kier molecular flexibility index (Phi) is 5.62. The highest BCUT2D eigenvalue weighted by Crippen LogP contribution is 2.30. The highest BCUT2D eigenvalue weighted by Gasteiger charge is 2.46. The van der Waals surface area contributed by atoms with E-state index < -0.39 is 26.1 Å². The highest BCUT2D eigenvalue weighted by atomic mass is 32.2. The summed E-state index contributed by atoms with van der Waals surface area (Å²) in [5.74, 6) is 0.0603. The molecule has 0 fully saturated rings. The Balaban J connectivity index is 1.73. The lowest BCUT2D eigenvalue weighted by molar-refractivity contribution is -0.0436. The molecule has 11 heteroatoms. The number of hydrogen-bond donors (Lipinski definition) is 1. The molecular weight excluding hydrogens is 429 g/mol. The summed E-state index contributed by atoms with van der Waals surface area (Å²) in [6, 6.07) is 10.6. The third kappa shape index (κ3) is 4.40. The number of rotatable bonds is 5. The van der Waals surface area contributed by atoms with Crippen molar-refractivity contribution >= 4 is 32.2 Å². The molecule has 0 saturated heterocycles. The summed E-state index contributed by atoms with van der Waals surface area (Å²) >= 11 is 1.17. The smallest absolute Gasteiger partial charge is 0.497 e. The van der Waals surface area contributed by atoms with Crippen molar-refractivity contribution in [1.29, 1.82) is 0 Å². The summed E-state index contributed by atoms with van der Waals surface area (Å²) in [7, 11) is -3.91. The monoisotopic (exact) mass is 442 g/mol. The minimum Gasteiger partial charge on any atom is -0.497 e. The third-order valence-corrected chi connectivity index (χ3v) is 6.10. The van der Waals surface area contributed by atoms with Crippen LogP contribution in [0.3, 0.4) is 0 Å². The number of nitrogens with zero attached hydrogens (tertiary/aromatic N) is 1. The molecule has 2 aromatic carbocycles. The van der Waals surface area contributed by atoms with E-state index in [1.54, 1.807) is 36.8 Å². The van der Waals surface area contributed by atoms with E-state index in [9.17, 15) is 26.4 Å². The average molecular weight is 442 g/mol. The molecule has 0 atom stereocenters. The van der Waals surface area contributed by atoms with Crippen LogP contribution in [-0.2, 0) is 9.84 Å². The first-order valence-electron chi connectivity index (χ1n) is 7.94. The van der Waals surface area contributed by atoms with Crippen molar-refractivity contribution < 1.29 is 31.1 Å². The van der Waals surface area contributed by atoms with Crippen molar-refractivity contribution in [3.8, 4) is 17.0 Å². The Morgan fingerprint density at radius 2 is 1.69 bits per heavy atom. The van der Waals surface area contributed by atoms with E-state index in [0.29, 0.717) is 11.4 Å². The van der Waals surface area contributed by atoms with E-state index in [2.05, 4.69) is 10.3 Å². The predicted molar refractivity (Wildman–Crippen MR) is 102 cm³/mol. The number of aromatic nitrogens is 1. The maximum Gasteiger partial charge on any atom is 0.501 e. The van der Waals surface area contributed by atoms with Gasteiger partial charge in [0.2, 0.25) is 0 Å². The van der Waals surface area contributed by atoms with Gasteiger partial charge in [-0.05, 0) is 48.5 Å². The number of sulfone groups is 1. The molecule has 1 aromatic heterocycles. The number of benzene rings is 2. The maximum absolute atomic E-state index is 12.6. The molecule has 0 saturated carbocycles. The molecule has 152 valence electrons. The van der Waals surface area contributed by atoms with E-state index in [0.717, 1.165) is 29.8 Å². The Hall–Kier alpha value is -2.92. The molecular formula is C18H13F3N2O4S2. The summed E-state index contributed by atoms with van der Waals surface area (Å²) in [4.78, 5) is 15.6. The van der Waals surface area contributed by atoms with E-state index in [1.807, 2.05) is 0 Å². The standard InChI is InChI=1S/C18H13F3N2O4S2/c1-27-13-6-2-11(3-7-13)15-10-28-17(22-15)23-16(24)12-4-8-14(9-5-12)29(25,26)18(19,20)21/h2-10H,1H3,(H,22,23,24). The number of methoxy groups -OCH3 is 1. The number of hydrogen-bond acceptors (Lipinski definition) is 6. The second-order valence-electron chi connectivity index (χ2n) is 5.69. The molecule has 1 N–H and O–H groups in total. The van der Waals surface area contributed by atoms with Crippen molar-refractivity contribution in [2.75, 3.05) is 12.4 Å². The summed E-state index contributed by atoms with van der Waals surface area (Å²) in [6.45, 7) is 0. The Bertz CT molecular complexity index is 1120. The fourth-order valence-corrected chi connectivity index (χ4v) is 3.79. The highest BCUT2D eigenvalue weighted by molar-refractivity contribution is 7.92. The fourth-order valence-electron chi connectivity index (χ4n) is 2.31. The van der Waals surface area contributed by atoms with Gasteiger partial charge >= 0.3 is 5.51 Å². The molecule has 1 heterocycles. The van der Waals surface area contributed by atoms with Crippen molar-refractivity contribution in [1.82, 2.24) is 4.98 Å². The van der Waals surface area contributed by atoms with E-state index in [1.165, 1.54) is 11.3 Å². The van der Waals surface area contributed by atoms with Crippen molar-refractivity contribution in [3.63, 3.8) is 0 Å². The molecule has 3 aromatic rings. The minimum atomic E-state index is -5.46. The lowest BCUT2D eigenvalue weighted by Crippen LogP contribution is -2.23. The molecule has 0 radical (unpaired) electrons. The van der Waals surface area contributed by atoms with Crippen LogP contribution < -0.4 is 10.1 Å². The quantitative estimate of drug-likeness (QED) is 0.635. The first-order valence-corrected chi connectivity index (χ1v) is 10.3. The summed E-state index contributed by atoms with van der Waals surface area (Å²) in [6.07, 6.45) is 0. The molecule has 0 aliphatic rings. The zero-order valence-corrected chi connectivity index (χ0v) is 16.4. The van der Waals surface area contributed by atoms with E-state index >= 15 is 0 Å². The number of nitrogens with one attached hydrogen (secondary N) is 1. The summed E-state index contributed by atoms with van der Waals surface area (Å²) in [5, 5.41) is 4.55. The van der Waals surface area contributed by atoms with Crippen LogP contribution in [0, 0.1) is 0 Å².